The molecule has 7 heteroatoms. The zero-order valence-corrected chi connectivity index (χ0v) is 8.58. The highest BCUT2D eigenvalue weighted by molar-refractivity contribution is 6.39. The molecule has 86 valence electrons. The minimum absolute atomic E-state index is 0.0656. The van der Waals surface area contributed by atoms with E-state index in [0.717, 1.165) is 0 Å². The van der Waals surface area contributed by atoms with Crippen LogP contribution in [0.1, 0.15) is 19.3 Å². The summed E-state index contributed by atoms with van der Waals surface area (Å²) in [5.74, 6) is -0.569. The third kappa shape index (κ3) is 2.36. The van der Waals surface area contributed by atoms with Crippen LogP contribution in [0.4, 0.5) is 0 Å². The lowest BCUT2D eigenvalue weighted by atomic mass is 10.1. The van der Waals surface area contributed by atoms with E-state index in [4.69, 9.17) is 0 Å². The standard InChI is InChI=1S/C9H12N4O3/c14-7-2-1-6(12-13-7)9(16)11-5-3-8(15)10-4-5/h5H,1-4H2,(H,10,15)(H,11,16)(H,13,14). The summed E-state index contributed by atoms with van der Waals surface area (Å²) in [6.45, 7) is 0.449. The predicted molar refractivity (Wildman–Crippen MR) is 54.4 cm³/mol. The summed E-state index contributed by atoms with van der Waals surface area (Å²) in [5, 5.41) is 8.98. The molecular formula is C9H12N4O3. The van der Waals surface area contributed by atoms with Gasteiger partial charge in [0.25, 0.3) is 5.91 Å². The van der Waals surface area contributed by atoms with Crippen molar-refractivity contribution in [1.82, 2.24) is 16.1 Å². The molecule has 0 bridgehead atoms. The fraction of sp³-hybridized carbons (Fsp3) is 0.556. The summed E-state index contributed by atoms with van der Waals surface area (Å²) in [6.07, 6.45) is 0.908. The van der Waals surface area contributed by atoms with E-state index in [2.05, 4.69) is 21.2 Å². The summed E-state index contributed by atoms with van der Waals surface area (Å²) in [7, 11) is 0. The molecule has 0 saturated carbocycles. The van der Waals surface area contributed by atoms with Gasteiger partial charge in [-0.05, 0) is 0 Å². The fourth-order valence-corrected chi connectivity index (χ4v) is 1.61. The molecule has 7 nitrogen and oxygen atoms in total. The molecule has 3 amide bonds. The second-order valence-electron chi connectivity index (χ2n) is 3.77. The van der Waals surface area contributed by atoms with Crippen molar-refractivity contribution in [2.45, 2.75) is 25.3 Å². The van der Waals surface area contributed by atoms with Crippen LogP contribution in [0.5, 0.6) is 0 Å². The number of hydrazone groups is 1. The molecule has 2 aliphatic rings. The molecule has 1 unspecified atom stereocenters. The number of hydrogen-bond donors (Lipinski definition) is 3. The molecule has 0 spiro atoms. The predicted octanol–water partition coefficient (Wildman–Crippen LogP) is -1.74. The SMILES string of the molecule is O=C1CC(NC(=O)C2=NNC(=O)CC2)CN1. The monoisotopic (exact) mass is 224 g/mol. The lowest BCUT2D eigenvalue weighted by molar-refractivity contribution is -0.121. The Morgan fingerprint density at radius 1 is 1.31 bits per heavy atom. The van der Waals surface area contributed by atoms with Crippen LogP contribution in [-0.4, -0.2) is 36.0 Å². The first-order chi connectivity index (χ1) is 7.65. The maximum Gasteiger partial charge on any atom is 0.267 e. The second kappa shape index (κ2) is 4.30. The maximum atomic E-state index is 11.6. The molecule has 0 aromatic rings. The zero-order chi connectivity index (χ0) is 11.5. The molecule has 1 saturated heterocycles. The average molecular weight is 224 g/mol. The van der Waals surface area contributed by atoms with Gasteiger partial charge in [0.1, 0.15) is 5.71 Å². The molecule has 1 atom stereocenters. The van der Waals surface area contributed by atoms with E-state index in [1.807, 2.05) is 0 Å². The van der Waals surface area contributed by atoms with Crippen LogP contribution < -0.4 is 16.1 Å². The quantitative estimate of drug-likeness (QED) is 0.519. The summed E-state index contributed by atoms with van der Waals surface area (Å²) in [6, 6.07) is -0.180. The number of nitrogens with one attached hydrogen (secondary N) is 3. The molecule has 0 aliphatic carbocycles. The number of hydrogen-bond acceptors (Lipinski definition) is 4. The molecule has 0 aromatic carbocycles. The number of rotatable bonds is 2. The van der Waals surface area contributed by atoms with Crippen LogP contribution in [0.2, 0.25) is 0 Å². The Morgan fingerprint density at radius 2 is 2.12 bits per heavy atom. The van der Waals surface area contributed by atoms with Gasteiger partial charge < -0.3 is 10.6 Å². The van der Waals surface area contributed by atoms with Crippen LogP contribution in [-0.2, 0) is 14.4 Å². The van der Waals surface area contributed by atoms with E-state index >= 15 is 0 Å². The van der Waals surface area contributed by atoms with Gasteiger partial charge in [0.2, 0.25) is 11.8 Å². The van der Waals surface area contributed by atoms with Crippen LogP contribution >= 0.6 is 0 Å². The summed E-state index contributed by atoms with van der Waals surface area (Å²) in [5.41, 5.74) is 2.56. The smallest absolute Gasteiger partial charge is 0.267 e. The van der Waals surface area contributed by atoms with Crippen LogP contribution in [0.25, 0.3) is 0 Å². The van der Waals surface area contributed by atoms with Gasteiger partial charge in [-0.2, -0.15) is 5.10 Å². The Bertz CT molecular complexity index is 377. The Labute approximate surface area is 91.6 Å². The summed E-state index contributed by atoms with van der Waals surface area (Å²) < 4.78 is 0. The van der Waals surface area contributed by atoms with Crippen LogP contribution in [0.3, 0.4) is 0 Å². The van der Waals surface area contributed by atoms with Gasteiger partial charge in [0.05, 0.1) is 6.04 Å². The van der Waals surface area contributed by atoms with E-state index in [-0.39, 0.29) is 30.2 Å². The Hall–Kier alpha value is -1.92. The third-order valence-corrected chi connectivity index (χ3v) is 2.48. The molecule has 2 heterocycles. The van der Waals surface area contributed by atoms with Gasteiger partial charge in [0.15, 0.2) is 0 Å². The van der Waals surface area contributed by atoms with Gasteiger partial charge >= 0.3 is 0 Å². The van der Waals surface area contributed by atoms with Crippen molar-refractivity contribution in [3.05, 3.63) is 0 Å². The Morgan fingerprint density at radius 3 is 2.69 bits per heavy atom. The van der Waals surface area contributed by atoms with E-state index in [1.165, 1.54) is 0 Å². The van der Waals surface area contributed by atoms with Crippen molar-refractivity contribution in [2.75, 3.05) is 6.54 Å². The first-order valence-corrected chi connectivity index (χ1v) is 5.08. The molecular weight excluding hydrogens is 212 g/mol. The zero-order valence-electron chi connectivity index (χ0n) is 8.58. The summed E-state index contributed by atoms with van der Waals surface area (Å²) in [4.78, 5) is 33.4. The van der Waals surface area contributed by atoms with Gasteiger partial charge in [-0.15, -0.1) is 0 Å². The van der Waals surface area contributed by atoms with Crippen molar-refractivity contribution in [3.8, 4) is 0 Å². The highest BCUT2D eigenvalue weighted by Gasteiger charge is 2.25. The second-order valence-corrected chi connectivity index (χ2v) is 3.77. The van der Waals surface area contributed by atoms with Crippen LogP contribution in [0, 0.1) is 0 Å². The first-order valence-electron chi connectivity index (χ1n) is 5.08. The fourth-order valence-electron chi connectivity index (χ4n) is 1.61. The number of carbonyl (C=O) groups is 3. The van der Waals surface area contributed by atoms with Gasteiger partial charge in [-0.25, -0.2) is 5.43 Å². The maximum absolute atomic E-state index is 11.6. The average Bonchev–Trinajstić information content (AvgIpc) is 2.65. The lowest BCUT2D eigenvalue weighted by Crippen LogP contribution is -2.42. The molecule has 16 heavy (non-hydrogen) atoms. The Kier molecular flexibility index (Phi) is 2.84. The van der Waals surface area contributed by atoms with Gasteiger partial charge in [0, 0.05) is 25.8 Å². The topological polar surface area (TPSA) is 99.7 Å². The minimum Gasteiger partial charge on any atom is -0.354 e. The molecule has 3 N–H and O–H groups in total. The number of carbonyl (C=O) groups excluding carboxylic acids is 3. The number of nitrogens with zero attached hydrogens (tertiary/aromatic N) is 1. The van der Waals surface area contributed by atoms with E-state index < -0.39 is 0 Å². The molecule has 0 aromatic heterocycles. The van der Waals surface area contributed by atoms with E-state index in [0.29, 0.717) is 25.1 Å². The molecule has 2 rings (SSSR count). The van der Waals surface area contributed by atoms with Crippen molar-refractivity contribution < 1.29 is 14.4 Å². The highest BCUT2D eigenvalue weighted by atomic mass is 16.2. The first kappa shape index (κ1) is 10.6. The van der Waals surface area contributed by atoms with Crippen molar-refractivity contribution >= 4 is 23.4 Å². The highest BCUT2D eigenvalue weighted by Crippen LogP contribution is 2.03. The van der Waals surface area contributed by atoms with Gasteiger partial charge in [-0.3, -0.25) is 14.4 Å². The normalized spacial score (nSPS) is 24.5. The molecule has 0 radical (unpaired) electrons. The van der Waals surface area contributed by atoms with E-state index in [1.54, 1.807) is 0 Å². The molecule has 2 aliphatic heterocycles. The minimum atomic E-state index is -0.318. The molecule has 1 fully saturated rings. The number of amides is 3. The van der Waals surface area contributed by atoms with Crippen molar-refractivity contribution in [1.29, 1.82) is 0 Å². The van der Waals surface area contributed by atoms with Crippen LogP contribution in [0.15, 0.2) is 5.10 Å². The van der Waals surface area contributed by atoms with Gasteiger partial charge in [-0.1, -0.05) is 0 Å². The lowest BCUT2D eigenvalue weighted by Gasteiger charge is -2.14. The van der Waals surface area contributed by atoms with Crippen molar-refractivity contribution in [2.24, 2.45) is 5.10 Å². The Balaban J connectivity index is 1.88. The van der Waals surface area contributed by atoms with E-state index in [9.17, 15) is 14.4 Å². The van der Waals surface area contributed by atoms with Crippen molar-refractivity contribution in [3.63, 3.8) is 0 Å². The third-order valence-electron chi connectivity index (χ3n) is 2.48. The summed E-state index contributed by atoms with van der Waals surface area (Å²) >= 11 is 0. The largest absolute Gasteiger partial charge is 0.354 e.